The van der Waals surface area contributed by atoms with Gasteiger partial charge in [-0.1, -0.05) is 12.1 Å². The zero-order chi connectivity index (χ0) is 19.4. The molecule has 0 amide bonds. The Hall–Kier alpha value is -2.79. The van der Waals surface area contributed by atoms with Crippen molar-refractivity contribution in [1.29, 1.82) is 0 Å². The number of aliphatic hydroxyl groups is 4. The molecule has 6 N–H and O–H groups in total. The molecule has 0 saturated heterocycles. The fourth-order valence-corrected chi connectivity index (χ4v) is 2.64. The van der Waals surface area contributed by atoms with Gasteiger partial charge in [0.2, 0.25) is 0 Å². The lowest BCUT2D eigenvalue weighted by Crippen LogP contribution is -2.35. The van der Waals surface area contributed by atoms with Crippen LogP contribution in [-0.4, -0.2) is 63.9 Å². The molecule has 27 heavy (non-hydrogen) atoms. The molecule has 0 radical (unpaired) electrons. The van der Waals surface area contributed by atoms with E-state index in [1.165, 1.54) is 17.2 Å². The van der Waals surface area contributed by atoms with E-state index in [1.54, 1.807) is 24.3 Å². The van der Waals surface area contributed by atoms with Gasteiger partial charge in [0, 0.05) is 13.2 Å². The third kappa shape index (κ3) is 4.14. The summed E-state index contributed by atoms with van der Waals surface area (Å²) >= 11 is 0. The second kappa shape index (κ2) is 8.27. The first-order valence-electron chi connectivity index (χ1n) is 8.35. The standard InChI is InChI=1S/C17H21N5O5/c23-6-5-12(25)14(26)17(27)22-9-21-13-15(19-8-20-16(13)22)18-7-10-1-3-11(24)4-2-10/h1-4,8-9,12,14,17,23-27H,5-7H2,(H,18,19,20). The molecule has 3 rings (SSSR count). The fraction of sp³-hybridized carbons (Fsp3) is 0.353. The number of benzene rings is 1. The monoisotopic (exact) mass is 375 g/mol. The number of fused-ring (bicyclic) bond motifs is 1. The summed E-state index contributed by atoms with van der Waals surface area (Å²) in [5.41, 5.74) is 1.58. The highest BCUT2D eigenvalue weighted by molar-refractivity contribution is 5.82. The summed E-state index contributed by atoms with van der Waals surface area (Å²) in [4.78, 5) is 12.4. The van der Waals surface area contributed by atoms with Crippen molar-refractivity contribution < 1.29 is 25.5 Å². The van der Waals surface area contributed by atoms with Crippen LogP contribution in [0.5, 0.6) is 5.75 Å². The van der Waals surface area contributed by atoms with E-state index in [0.717, 1.165) is 5.56 Å². The highest BCUT2D eigenvalue weighted by Crippen LogP contribution is 2.23. The van der Waals surface area contributed by atoms with E-state index in [-0.39, 0.29) is 24.4 Å². The molecular weight excluding hydrogens is 354 g/mol. The van der Waals surface area contributed by atoms with Crippen LogP contribution < -0.4 is 5.32 Å². The lowest BCUT2D eigenvalue weighted by molar-refractivity contribution is -0.0943. The molecule has 0 saturated carbocycles. The molecule has 2 aromatic heterocycles. The van der Waals surface area contributed by atoms with Crippen molar-refractivity contribution in [2.45, 2.75) is 31.4 Å². The van der Waals surface area contributed by atoms with Gasteiger partial charge in [0.15, 0.2) is 23.2 Å². The quantitative estimate of drug-likeness (QED) is 0.312. The maximum atomic E-state index is 10.3. The topological polar surface area (TPSA) is 157 Å². The number of aromatic hydroxyl groups is 1. The van der Waals surface area contributed by atoms with Crippen LogP contribution in [-0.2, 0) is 6.54 Å². The van der Waals surface area contributed by atoms with Crippen molar-refractivity contribution in [2.75, 3.05) is 11.9 Å². The number of rotatable bonds is 8. The molecule has 0 aliphatic heterocycles. The number of anilines is 1. The summed E-state index contributed by atoms with van der Waals surface area (Å²) in [6.45, 7) is 0.114. The molecule has 0 spiro atoms. The van der Waals surface area contributed by atoms with Crippen molar-refractivity contribution >= 4 is 17.0 Å². The molecule has 10 heteroatoms. The largest absolute Gasteiger partial charge is 0.508 e. The maximum Gasteiger partial charge on any atom is 0.167 e. The summed E-state index contributed by atoms with van der Waals surface area (Å²) in [6.07, 6.45) is -1.78. The first-order chi connectivity index (χ1) is 13.0. The minimum Gasteiger partial charge on any atom is -0.508 e. The Kier molecular flexibility index (Phi) is 5.81. The van der Waals surface area contributed by atoms with Gasteiger partial charge in [-0.05, 0) is 24.1 Å². The third-order valence-corrected chi connectivity index (χ3v) is 4.16. The van der Waals surface area contributed by atoms with Gasteiger partial charge in [-0.3, -0.25) is 4.57 Å². The van der Waals surface area contributed by atoms with Gasteiger partial charge < -0.3 is 30.8 Å². The molecule has 1 aromatic carbocycles. The van der Waals surface area contributed by atoms with Crippen LogP contribution in [0.1, 0.15) is 18.2 Å². The summed E-state index contributed by atoms with van der Waals surface area (Å²) in [5, 5.41) is 51.5. The number of hydrogen-bond donors (Lipinski definition) is 6. The van der Waals surface area contributed by atoms with Gasteiger partial charge in [0.05, 0.1) is 12.4 Å². The number of phenolic OH excluding ortho intramolecular Hbond substituents is 1. The highest BCUT2D eigenvalue weighted by atomic mass is 16.4. The van der Waals surface area contributed by atoms with Crippen molar-refractivity contribution in [3.05, 3.63) is 42.5 Å². The third-order valence-electron chi connectivity index (χ3n) is 4.16. The first-order valence-corrected chi connectivity index (χ1v) is 8.35. The molecule has 144 valence electrons. The van der Waals surface area contributed by atoms with Crippen molar-refractivity contribution in [3.8, 4) is 5.75 Å². The number of nitrogens with zero attached hydrogens (tertiary/aromatic N) is 4. The SMILES string of the molecule is OCCC(O)C(O)C(O)n1cnc2c(NCc3ccc(O)cc3)ncnc21. The van der Waals surface area contributed by atoms with Crippen LogP contribution in [0.25, 0.3) is 11.2 Å². The number of phenols is 1. The molecule has 0 bridgehead atoms. The number of imidazole rings is 1. The Labute approximate surface area is 154 Å². The van der Waals surface area contributed by atoms with Gasteiger partial charge in [-0.2, -0.15) is 0 Å². The average Bonchev–Trinajstić information content (AvgIpc) is 3.11. The van der Waals surface area contributed by atoms with Crippen molar-refractivity contribution in [2.24, 2.45) is 0 Å². The number of aromatic nitrogens is 4. The van der Waals surface area contributed by atoms with Crippen LogP contribution in [0.15, 0.2) is 36.9 Å². The minimum atomic E-state index is -1.52. The zero-order valence-corrected chi connectivity index (χ0v) is 14.3. The van der Waals surface area contributed by atoms with Crippen LogP contribution in [0.2, 0.25) is 0 Å². The Balaban J connectivity index is 1.80. The summed E-state index contributed by atoms with van der Waals surface area (Å²) in [5.74, 6) is 0.613. The normalized spacial score (nSPS) is 14.8. The highest BCUT2D eigenvalue weighted by Gasteiger charge is 2.27. The summed E-state index contributed by atoms with van der Waals surface area (Å²) in [6, 6.07) is 6.69. The van der Waals surface area contributed by atoms with Crippen molar-refractivity contribution in [3.63, 3.8) is 0 Å². The molecule has 3 unspecified atom stereocenters. The lowest BCUT2D eigenvalue weighted by atomic mass is 10.1. The molecule has 0 aliphatic carbocycles. The smallest absolute Gasteiger partial charge is 0.167 e. The molecular formula is C17H21N5O5. The minimum absolute atomic E-state index is 0.0702. The second-order valence-corrected chi connectivity index (χ2v) is 6.05. The summed E-state index contributed by atoms with van der Waals surface area (Å²) in [7, 11) is 0. The number of aliphatic hydroxyl groups excluding tert-OH is 4. The van der Waals surface area contributed by atoms with Gasteiger partial charge in [-0.25, -0.2) is 15.0 Å². The summed E-state index contributed by atoms with van der Waals surface area (Å²) < 4.78 is 1.23. The Morgan fingerprint density at radius 1 is 1.04 bits per heavy atom. The van der Waals surface area contributed by atoms with Gasteiger partial charge in [0.25, 0.3) is 0 Å². The van der Waals surface area contributed by atoms with E-state index in [1.807, 2.05) is 0 Å². The molecule has 3 atom stereocenters. The van der Waals surface area contributed by atoms with Crippen LogP contribution in [0.3, 0.4) is 0 Å². The lowest BCUT2D eigenvalue weighted by Gasteiger charge is -2.23. The van der Waals surface area contributed by atoms with Gasteiger partial charge in [-0.15, -0.1) is 0 Å². The molecule has 3 aromatic rings. The van der Waals surface area contributed by atoms with Crippen molar-refractivity contribution in [1.82, 2.24) is 19.5 Å². The van der Waals surface area contributed by atoms with Crippen LogP contribution in [0.4, 0.5) is 5.82 Å². The average molecular weight is 375 g/mol. The van der Waals surface area contributed by atoms with Gasteiger partial charge >= 0.3 is 0 Å². The first kappa shape index (κ1) is 19.0. The molecule has 2 heterocycles. The zero-order valence-electron chi connectivity index (χ0n) is 14.3. The second-order valence-electron chi connectivity index (χ2n) is 6.05. The molecule has 0 aliphatic rings. The number of hydrogen-bond acceptors (Lipinski definition) is 9. The van der Waals surface area contributed by atoms with E-state index in [4.69, 9.17) is 5.11 Å². The predicted octanol–water partition coefficient (Wildman–Crippen LogP) is -0.261. The van der Waals surface area contributed by atoms with E-state index >= 15 is 0 Å². The van der Waals surface area contributed by atoms with E-state index < -0.39 is 18.4 Å². The van der Waals surface area contributed by atoms with Crippen LogP contribution >= 0.6 is 0 Å². The Bertz CT molecular complexity index is 885. The predicted molar refractivity (Wildman–Crippen MR) is 95.7 cm³/mol. The van der Waals surface area contributed by atoms with E-state index in [0.29, 0.717) is 17.9 Å². The van der Waals surface area contributed by atoms with Crippen LogP contribution in [0, 0.1) is 0 Å². The molecule has 0 fully saturated rings. The van der Waals surface area contributed by atoms with E-state index in [9.17, 15) is 20.4 Å². The fourth-order valence-electron chi connectivity index (χ4n) is 2.64. The maximum absolute atomic E-state index is 10.3. The van der Waals surface area contributed by atoms with E-state index in [2.05, 4.69) is 20.3 Å². The Morgan fingerprint density at radius 3 is 2.48 bits per heavy atom. The number of nitrogens with one attached hydrogen (secondary N) is 1. The van der Waals surface area contributed by atoms with Gasteiger partial charge in [0.1, 0.15) is 18.2 Å². The Morgan fingerprint density at radius 2 is 1.78 bits per heavy atom. The molecule has 10 nitrogen and oxygen atoms in total.